The highest BCUT2D eigenvalue weighted by Gasteiger charge is 2.23. The molecule has 0 aromatic carbocycles. The van der Waals surface area contributed by atoms with Crippen LogP contribution in [0.3, 0.4) is 0 Å². The number of aromatic nitrogens is 1. The summed E-state index contributed by atoms with van der Waals surface area (Å²) in [7, 11) is 0. The lowest BCUT2D eigenvalue weighted by Crippen LogP contribution is -2.44. The van der Waals surface area contributed by atoms with E-state index >= 15 is 0 Å². The molecule has 1 aliphatic rings. The van der Waals surface area contributed by atoms with Gasteiger partial charge in [-0.25, -0.2) is 0 Å². The quantitative estimate of drug-likeness (QED) is 0.864. The van der Waals surface area contributed by atoms with Crippen molar-refractivity contribution < 1.29 is 9.26 Å². The van der Waals surface area contributed by atoms with E-state index in [0.29, 0.717) is 5.92 Å². The van der Waals surface area contributed by atoms with Crippen molar-refractivity contribution in [1.29, 1.82) is 0 Å². The molecule has 1 aromatic heterocycles. The number of morpholine rings is 1. The fourth-order valence-corrected chi connectivity index (χ4v) is 2.64. The topological polar surface area (TPSA) is 50.5 Å². The van der Waals surface area contributed by atoms with Gasteiger partial charge in [-0.3, -0.25) is 4.90 Å². The molecule has 114 valence electrons. The van der Waals surface area contributed by atoms with Crippen LogP contribution in [-0.2, 0) is 17.8 Å². The monoisotopic (exact) mass is 281 g/mol. The van der Waals surface area contributed by atoms with Crippen LogP contribution in [0.2, 0.25) is 0 Å². The highest BCUT2D eigenvalue weighted by Crippen LogP contribution is 2.14. The average Bonchev–Trinajstić information content (AvgIpc) is 2.74. The van der Waals surface area contributed by atoms with Crippen LogP contribution in [0.25, 0.3) is 0 Å². The van der Waals surface area contributed by atoms with Crippen LogP contribution >= 0.6 is 0 Å². The molecule has 0 saturated carbocycles. The Labute approximate surface area is 121 Å². The van der Waals surface area contributed by atoms with Crippen molar-refractivity contribution in [3.63, 3.8) is 0 Å². The second-order valence-electron chi connectivity index (χ2n) is 6.26. The number of rotatable bonds is 6. The predicted octanol–water partition coefficient (Wildman–Crippen LogP) is 2.03. The molecular formula is C15H27N3O2. The first kappa shape index (κ1) is 15.5. The van der Waals surface area contributed by atoms with Gasteiger partial charge >= 0.3 is 0 Å². The first-order chi connectivity index (χ1) is 9.52. The Balaban J connectivity index is 1.80. The summed E-state index contributed by atoms with van der Waals surface area (Å²) in [6.07, 6.45) is 0.572. The van der Waals surface area contributed by atoms with Gasteiger partial charge in [0.2, 0.25) is 0 Å². The molecular weight excluding hydrogens is 254 g/mol. The van der Waals surface area contributed by atoms with Crippen molar-refractivity contribution in [3.8, 4) is 0 Å². The van der Waals surface area contributed by atoms with Crippen molar-refractivity contribution in [1.82, 2.24) is 15.4 Å². The van der Waals surface area contributed by atoms with Crippen molar-refractivity contribution in [2.45, 2.75) is 53.0 Å². The summed E-state index contributed by atoms with van der Waals surface area (Å²) in [6.45, 7) is 13.1. The molecule has 1 saturated heterocycles. The Morgan fingerprint density at radius 2 is 2.05 bits per heavy atom. The molecule has 1 fully saturated rings. The predicted molar refractivity (Wildman–Crippen MR) is 78.3 cm³/mol. The van der Waals surface area contributed by atoms with E-state index in [9.17, 15) is 0 Å². The van der Waals surface area contributed by atoms with Gasteiger partial charge in [-0.05, 0) is 26.3 Å². The van der Waals surface area contributed by atoms with Gasteiger partial charge in [0.25, 0.3) is 0 Å². The maximum Gasteiger partial charge on any atom is 0.151 e. The van der Waals surface area contributed by atoms with E-state index in [0.717, 1.165) is 44.2 Å². The van der Waals surface area contributed by atoms with E-state index in [4.69, 9.17) is 9.26 Å². The third-order valence-corrected chi connectivity index (χ3v) is 3.34. The standard InChI is InChI=1S/C15H27N3O2/c1-11(2)6-16-7-14-5-15(20-17-14)10-18-8-12(3)19-13(4)9-18/h5,11-13,16H,6-10H2,1-4H3. The lowest BCUT2D eigenvalue weighted by molar-refractivity contribution is -0.0721. The molecule has 5 nitrogen and oxygen atoms in total. The van der Waals surface area contributed by atoms with Crippen molar-refractivity contribution >= 4 is 0 Å². The second kappa shape index (κ2) is 7.20. The molecule has 2 heterocycles. The molecule has 20 heavy (non-hydrogen) atoms. The lowest BCUT2D eigenvalue weighted by atomic mass is 10.2. The summed E-state index contributed by atoms with van der Waals surface area (Å²) in [5.41, 5.74) is 0.981. The average molecular weight is 281 g/mol. The Morgan fingerprint density at radius 3 is 2.70 bits per heavy atom. The maximum absolute atomic E-state index is 5.74. The fraction of sp³-hybridized carbons (Fsp3) is 0.800. The highest BCUT2D eigenvalue weighted by molar-refractivity contribution is 5.05. The summed E-state index contributed by atoms with van der Waals surface area (Å²) in [6, 6.07) is 2.05. The van der Waals surface area contributed by atoms with Crippen LogP contribution < -0.4 is 5.32 Å². The molecule has 0 amide bonds. The molecule has 5 heteroatoms. The smallest absolute Gasteiger partial charge is 0.151 e. The zero-order valence-corrected chi connectivity index (χ0v) is 13.1. The maximum atomic E-state index is 5.74. The van der Waals surface area contributed by atoms with Crippen molar-refractivity contribution in [3.05, 3.63) is 17.5 Å². The first-order valence-corrected chi connectivity index (χ1v) is 7.56. The normalized spacial score (nSPS) is 24.4. The van der Waals surface area contributed by atoms with Crippen LogP contribution in [0.15, 0.2) is 10.6 Å². The molecule has 2 unspecified atom stereocenters. The van der Waals surface area contributed by atoms with Gasteiger partial charge < -0.3 is 14.6 Å². The summed E-state index contributed by atoms with van der Waals surface area (Å²) in [5, 5.41) is 7.50. The van der Waals surface area contributed by atoms with Crippen molar-refractivity contribution in [2.24, 2.45) is 5.92 Å². The molecule has 1 aliphatic heterocycles. The molecule has 0 aliphatic carbocycles. The zero-order valence-electron chi connectivity index (χ0n) is 13.1. The third kappa shape index (κ3) is 4.89. The number of hydrogen-bond donors (Lipinski definition) is 1. The van der Waals surface area contributed by atoms with E-state index in [1.807, 2.05) is 0 Å². The van der Waals surface area contributed by atoms with Crippen LogP contribution in [0, 0.1) is 5.92 Å². The van der Waals surface area contributed by atoms with Crippen LogP contribution in [0.5, 0.6) is 0 Å². The van der Waals surface area contributed by atoms with E-state index in [1.165, 1.54) is 0 Å². The first-order valence-electron chi connectivity index (χ1n) is 7.56. The van der Waals surface area contributed by atoms with E-state index in [1.54, 1.807) is 0 Å². The number of nitrogens with one attached hydrogen (secondary N) is 1. The van der Waals surface area contributed by atoms with E-state index in [-0.39, 0.29) is 12.2 Å². The van der Waals surface area contributed by atoms with Gasteiger partial charge in [0, 0.05) is 25.7 Å². The minimum absolute atomic E-state index is 0.286. The van der Waals surface area contributed by atoms with Crippen LogP contribution in [0.4, 0.5) is 0 Å². The summed E-state index contributed by atoms with van der Waals surface area (Å²) < 4.78 is 11.2. The Kier molecular flexibility index (Phi) is 5.57. The SMILES string of the molecule is CC(C)CNCc1cc(CN2CC(C)OC(C)C2)on1. The highest BCUT2D eigenvalue weighted by atomic mass is 16.5. The van der Waals surface area contributed by atoms with Crippen LogP contribution in [-0.4, -0.2) is 41.9 Å². The summed E-state index contributed by atoms with van der Waals surface area (Å²) >= 11 is 0. The molecule has 2 rings (SSSR count). The minimum Gasteiger partial charge on any atom is -0.373 e. The van der Waals surface area contributed by atoms with E-state index in [2.05, 4.69) is 49.1 Å². The van der Waals surface area contributed by atoms with Gasteiger partial charge in [-0.1, -0.05) is 19.0 Å². The van der Waals surface area contributed by atoms with Gasteiger partial charge in [-0.2, -0.15) is 0 Å². The van der Waals surface area contributed by atoms with Gasteiger partial charge in [-0.15, -0.1) is 0 Å². The molecule has 2 atom stereocenters. The fourth-order valence-electron chi connectivity index (χ4n) is 2.64. The Bertz CT molecular complexity index is 396. The van der Waals surface area contributed by atoms with Gasteiger partial charge in [0.1, 0.15) is 0 Å². The third-order valence-electron chi connectivity index (χ3n) is 3.34. The van der Waals surface area contributed by atoms with Gasteiger partial charge in [0.15, 0.2) is 5.76 Å². The molecule has 0 radical (unpaired) electrons. The molecule has 1 aromatic rings. The Morgan fingerprint density at radius 1 is 1.35 bits per heavy atom. The molecule has 0 spiro atoms. The summed E-state index contributed by atoms with van der Waals surface area (Å²) in [5.74, 6) is 1.59. The Hall–Kier alpha value is -0.910. The van der Waals surface area contributed by atoms with Crippen LogP contribution in [0.1, 0.15) is 39.1 Å². The number of nitrogens with zero attached hydrogens (tertiary/aromatic N) is 2. The lowest BCUT2D eigenvalue weighted by Gasteiger charge is -2.34. The largest absolute Gasteiger partial charge is 0.373 e. The van der Waals surface area contributed by atoms with Gasteiger partial charge in [0.05, 0.1) is 24.4 Å². The van der Waals surface area contributed by atoms with E-state index < -0.39 is 0 Å². The zero-order chi connectivity index (χ0) is 14.5. The molecule has 0 bridgehead atoms. The second-order valence-corrected chi connectivity index (χ2v) is 6.26. The number of hydrogen-bond acceptors (Lipinski definition) is 5. The summed E-state index contributed by atoms with van der Waals surface area (Å²) in [4.78, 5) is 2.37. The molecule has 1 N–H and O–H groups in total. The van der Waals surface area contributed by atoms with Crippen molar-refractivity contribution in [2.75, 3.05) is 19.6 Å². The minimum atomic E-state index is 0.286. The number of ether oxygens (including phenoxy) is 1.